The topological polar surface area (TPSA) is 137 Å². The zero-order valence-corrected chi connectivity index (χ0v) is 20.4. The van der Waals surface area contributed by atoms with E-state index >= 15 is 0 Å². The van der Waals surface area contributed by atoms with E-state index in [-0.39, 0.29) is 12.5 Å². The van der Waals surface area contributed by atoms with E-state index in [2.05, 4.69) is 21.2 Å². The van der Waals surface area contributed by atoms with Gasteiger partial charge in [-0.15, -0.1) is 0 Å². The Hall–Kier alpha value is -5.06. The average Bonchev–Trinajstić information content (AvgIpc) is 2.93. The second kappa shape index (κ2) is 13.1. The summed E-state index contributed by atoms with van der Waals surface area (Å²) < 4.78 is 21.0. The van der Waals surface area contributed by atoms with E-state index < -0.39 is 11.8 Å². The van der Waals surface area contributed by atoms with E-state index in [0.29, 0.717) is 39.9 Å². The van der Waals surface area contributed by atoms with Gasteiger partial charge in [-0.1, -0.05) is 12.1 Å². The van der Waals surface area contributed by atoms with Crippen LogP contribution >= 0.6 is 0 Å². The van der Waals surface area contributed by atoms with Crippen molar-refractivity contribution in [1.82, 2.24) is 5.43 Å². The number of hydrogen-bond donors (Lipinski definition) is 3. The number of para-hydroxylation sites is 2. The highest BCUT2D eigenvalue weighted by atomic mass is 16.5. The van der Waals surface area contributed by atoms with Gasteiger partial charge in [0.1, 0.15) is 23.0 Å². The first-order valence-electron chi connectivity index (χ1n) is 11.0. The van der Waals surface area contributed by atoms with Crippen molar-refractivity contribution in [2.75, 3.05) is 38.6 Å². The summed E-state index contributed by atoms with van der Waals surface area (Å²) in [5.41, 5.74) is 3.64. The van der Waals surface area contributed by atoms with Gasteiger partial charge in [0.25, 0.3) is 5.91 Å². The van der Waals surface area contributed by atoms with Crippen LogP contribution in [0.3, 0.4) is 0 Å². The second-order valence-electron chi connectivity index (χ2n) is 7.33. The molecule has 11 nitrogen and oxygen atoms in total. The van der Waals surface area contributed by atoms with Crippen molar-refractivity contribution in [3.8, 4) is 23.0 Å². The lowest BCUT2D eigenvalue weighted by atomic mass is 10.2. The van der Waals surface area contributed by atoms with Crippen LogP contribution in [0.5, 0.6) is 23.0 Å². The Morgan fingerprint density at radius 1 is 0.757 bits per heavy atom. The van der Waals surface area contributed by atoms with Crippen molar-refractivity contribution in [3.05, 3.63) is 72.3 Å². The molecule has 3 rings (SSSR count). The van der Waals surface area contributed by atoms with Gasteiger partial charge in [0.2, 0.25) is 0 Å². The summed E-state index contributed by atoms with van der Waals surface area (Å²) in [6.07, 6.45) is 1.36. The van der Waals surface area contributed by atoms with Crippen molar-refractivity contribution in [3.63, 3.8) is 0 Å². The summed E-state index contributed by atoms with van der Waals surface area (Å²) in [5, 5.41) is 8.96. The van der Waals surface area contributed by atoms with Gasteiger partial charge in [0.15, 0.2) is 6.61 Å². The van der Waals surface area contributed by atoms with E-state index in [1.807, 2.05) is 0 Å². The summed E-state index contributed by atoms with van der Waals surface area (Å²) in [7, 11) is 4.46. The Kier molecular flexibility index (Phi) is 9.43. The summed E-state index contributed by atoms with van der Waals surface area (Å²) in [6, 6.07) is 18.4. The molecule has 0 aliphatic rings. The van der Waals surface area contributed by atoms with Gasteiger partial charge in [-0.2, -0.15) is 5.10 Å². The molecule has 0 spiro atoms. The normalized spacial score (nSPS) is 10.4. The molecule has 192 valence electrons. The van der Waals surface area contributed by atoms with Crippen LogP contribution < -0.4 is 35.0 Å². The Labute approximate surface area is 213 Å². The number of carbonyl (C=O) groups is 3. The zero-order valence-electron chi connectivity index (χ0n) is 20.4. The number of nitrogens with zero attached hydrogens (tertiary/aromatic N) is 1. The lowest BCUT2D eigenvalue weighted by Crippen LogP contribution is -2.32. The molecule has 0 radical (unpaired) electrons. The van der Waals surface area contributed by atoms with Gasteiger partial charge in [0.05, 0.1) is 38.9 Å². The maximum absolute atomic E-state index is 12.2. The molecule has 3 aromatic rings. The fraction of sp³-hybridized carbons (Fsp3) is 0.154. The fourth-order valence-electron chi connectivity index (χ4n) is 3.03. The standard InChI is InChI=1S/C26H26N4O7/c1-34-19-12-13-21(23(14-19)36-3)29-25(32)26(33)30-27-15-17-8-10-18(11-9-17)37-16-24(31)28-20-6-4-5-7-22(20)35-2/h4-15H,16H2,1-3H3,(H,28,31)(H,29,32)(H,30,33)/b27-15-. The Morgan fingerprint density at radius 2 is 1.43 bits per heavy atom. The summed E-state index contributed by atoms with van der Waals surface area (Å²) in [4.78, 5) is 36.4. The SMILES string of the molecule is COc1ccc(NC(=O)C(=O)N/N=C\c2ccc(OCC(=O)Nc3ccccc3OC)cc2)c(OC)c1. The molecular formula is C26H26N4O7. The minimum atomic E-state index is -0.963. The van der Waals surface area contributed by atoms with Gasteiger partial charge in [-0.3, -0.25) is 14.4 Å². The third kappa shape index (κ3) is 7.72. The van der Waals surface area contributed by atoms with E-state index in [1.54, 1.807) is 66.7 Å². The third-order valence-corrected chi connectivity index (χ3v) is 4.87. The monoisotopic (exact) mass is 506 g/mol. The van der Waals surface area contributed by atoms with Crippen molar-refractivity contribution >= 4 is 35.3 Å². The first kappa shape index (κ1) is 26.5. The molecule has 0 unspecified atom stereocenters. The maximum Gasteiger partial charge on any atom is 0.329 e. The van der Waals surface area contributed by atoms with Crippen LogP contribution in [0, 0.1) is 0 Å². The molecule has 3 aromatic carbocycles. The molecule has 3 N–H and O–H groups in total. The van der Waals surface area contributed by atoms with Gasteiger partial charge in [-0.05, 0) is 54.1 Å². The third-order valence-electron chi connectivity index (χ3n) is 4.87. The van der Waals surface area contributed by atoms with Crippen LogP contribution in [-0.4, -0.2) is 51.9 Å². The number of ether oxygens (including phenoxy) is 4. The van der Waals surface area contributed by atoms with Crippen LogP contribution in [0.1, 0.15) is 5.56 Å². The summed E-state index contributed by atoms with van der Waals surface area (Å²) >= 11 is 0. The molecule has 0 atom stereocenters. The molecule has 0 fully saturated rings. The second-order valence-corrected chi connectivity index (χ2v) is 7.33. The molecule has 3 amide bonds. The number of rotatable bonds is 10. The first-order valence-corrected chi connectivity index (χ1v) is 11.0. The van der Waals surface area contributed by atoms with Gasteiger partial charge in [0, 0.05) is 6.07 Å². The largest absolute Gasteiger partial charge is 0.497 e. The maximum atomic E-state index is 12.2. The molecular weight excluding hydrogens is 480 g/mol. The van der Waals surface area contributed by atoms with Crippen molar-refractivity contribution in [2.24, 2.45) is 5.10 Å². The fourth-order valence-corrected chi connectivity index (χ4v) is 3.03. The minimum Gasteiger partial charge on any atom is -0.497 e. The Balaban J connectivity index is 1.46. The number of hydrazone groups is 1. The number of benzene rings is 3. The van der Waals surface area contributed by atoms with Crippen LogP contribution in [0.15, 0.2) is 71.8 Å². The molecule has 0 aliphatic carbocycles. The number of carbonyl (C=O) groups excluding carboxylic acids is 3. The van der Waals surface area contributed by atoms with Crippen LogP contribution in [0.4, 0.5) is 11.4 Å². The van der Waals surface area contributed by atoms with Crippen molar-refractivity contribution < 1.29 is 33.3 Å². The number of anilines is 2. The average molecular weight is 507 g/mol. The predicted molar refractivity (Wildman–Crippen MR) is 137 cm³/mol. The lowest BCUT2D eigenvalue weighted by molar-refractivity contribution is -0.136. The smallest absolute Gasteiger partial charge is 0.329 e. The zero-order chi connectivity index (χ0) is 26.6. The Morgan fingerprint density at radius 3 is 2.14 bits per heavy atom. The van der Waals surface area contributed by atoms with Crippen molar-refractivity contribution in [2.45, 2.75) is 0 Å². The van der Waals surface area contributed by atoms with Gasteiger partial charge < -0.3 is 29.6 Å². The molecule has 0 aliphatic heterocycles. The summed E-state index contributed by atoms with van der Waals surface area (Å²) in [5.74, 6) is -0.344. The van der Waals surface area contributed by atoms with Crippen LogP contribution in [-0.2, 0) is 14.4 Å². The molecule has 0 saturated heterocycles. The summed E-state index contributed by atoms with van der Waals surface area (Å²) in [6.45, 7) is -0.199. The number of hydrogen-bond acceptors (Lipinski definition) is 8. The Bertz CT molecular complexity index is 1280. The van der Waals surface area contributed by atoms with Crippen LogP contribution in [0.25, 0.3) is 0 Å². The minimum absolute atomic E-state index is 0.199. The van der Waals surface area contributed by atoms with E-state index in [4.69, 9.17) is 18.9 Å². The molecule has 0 saturated carbocycles. The molecule has 0 bridgehead atoms. The number of methoxy groups -OCH3 is 3. The van der Waals surface area contributed by atoms with E-state index in [1.165, 1.54) is 27.5 Å². The number of amides is 3. The van der Waals surface area contributed by atoms with Crippen molar-refractivity contribution in [1.29, 1.82) is 0 Å². The highest BCUT2D eigenvalue weighted by molar-refractivity contribution is 6.39. The molecule has 11 heteroatoms. The van der Waals surface area contributed by atoms with E-state index in [0.717, 1.165) is 0 Å². The molecule has 0 heterocycles. The molecule has 0 aromatic heterocycles. The van der Waals surface area contributed by atoms with Crippen LogP contribution in [0.2, 0.25) is 0 Å². The highest BCUT2D eigenvalue weighted by Crippen LogP contribution is 2.29. The molecule has 37 heavy (non-hydrogen) atoms. The van der Waals surface area contributed by atoms with Gasteiger partial charge >= 0.3 is 11.8 Å². The quantitative estimate of drug-likeness (QED) is 0.218. The number of nitrogens with one attached hydrogen (secondary N) is 3. The predicted octanol–water partition coefficient (Wildman–Crippen LogP) is 2.82. The highest BCUT2D eigenvalue weighted by Gasteiger charge is 2.16. The lowest BCUT2D eigenvalue weighted by Gasteiger charge is -2.11. The van der Waals surface area contributed by atoms with Gasteiger partial charge in [-0.25, -0.2) is 5.43 Å². The first-order chi connectivity index (χ1) is 17.9. The van der Waals surface area contributed by atoms with E-state index in [9.17, 15) is 14.4 Å².